The quantitative estimate of drug-likeness (QED) is 0.922. The lowest BCUT2D eigenvalue weighted by molar-refractivity contribution is -0.135. The Balaban J connectivity index is 2.02. The molecule has 2 rings (SSSR count). The van der Waals surface area contributed by atoms with Gasteiger partial charge in [0.1, 0.15) is 0 Å². The molecule has 1 aromatic carbocycles. The van der Waals surface area contributed by atoms with Gasteiger partial charge in [-0.3, -0.25) is 4.79 Å². The summed E-state index contributed by atoms with van der Waals surface area (Å²) in [6, 6.07) is 6.83. The van der Waals surface area contributed by atoms with Gasteiger partial charge >= 0.3 is 5.97 Å². The van der Waals surface area contributed by atoms with Crippen molar-refractivity contribution in [3.8, 4) is 0 Å². The molecule has 4 heteroatoms. The van der Waals surface area contributed by atoms with Crippen molar-refractivity contribution in [1.29, 1.82) is 0 Å². The maximum Gasteiger partial charge on any atom is 0.335 e. The van der Waals surface area contributed by atoms with E-state index in [0.29, 0.717) is 12.3 Å². The van der Waals surface area contributed by atoms with Crippen LogP contribution in [0.4, 0.5) is 0 Å². The lowest BCUT2D eigenvalue weighted by atomic mass is 9.91. The molecule has 1 heterocycles. The number of nitrogens with zero attached hydrogens (tertiary/aromatic N) is 1. The molecule has 1 N–H and O–H groups in total. The summed E-state index contributed by atoms with van der Waals surface area (Å²) < 4.78 is 0. The summed E-state index contributed by atoms with van der Waals surface area (Å²) >= 11 is 0. The Morgan fingerprint density at radius 2 is 1.90 bits per heavy atom. The van der Waals surface area contributed by atoms with Crippen LogP contribution in [0.2, 0.25) is 0 Å². The van der Waals surface area contributed by atoms with Crippen LogP contribution in [0.5, 0.6) is 0 Å². The van der Waals surface area contributed by atoms with Gasteiger partial charge in [0.15, 0.2) is 0 Å². The van der Waals surface area contributed by atoms with Crippen LogP contribution in [0, 0.1) is 5.92 Å². The first kappa shape index (κ1) is 14.6. The molecular formula is C16H21NO3. The Bertz CT molecular complexity index is 495. The lowest BCUT2D eigenvalue weighted by Crippen LogP contribution is -2.46. The molecule has 0 spiro atoms. The number of piperidine rings is 1. The molecular weight excluding hydrogens is 254 g/mol. The topological polar surface area (TPSA) is 57.6 Å². The Labute approximate surface area is 119 Å². The summed E-state index contributed by atoms with van der Waals surface area (Å²) in [7, 11) is 0. The lowest BCUT2D eigenvalue weighted by Gasteiger charge is -2.38. The van der Waals surface area contributed by atoms with Crippen LogP contribution >= 0.6 is 0 Å². The van der Waals surface area contributed by atoms with Crippen LogP contribution < -0.4 is 0 Å². The van der Waals surface area contributed by atoms with Crippen molar-refractivity contribution in [2.45, 2.75) is 39.2 Å². The van der Waals surface area contributed by atoms with Gasteiger partial charge in [-0.15, -0.1) is 0 Å². The van der Waals surface area contributed by atoms with Crippen LogP contribution in [0.3, 0.4) is 0 Å². The molecule has 2 atom stereocenters. The highest BCUT2D eigenvalue weighted by Crippen LogP contribution is 2.23. The second-order valence-electron chi connectivity index (χ2n) is 5.63. The Morgan fingerprint density at radius 3 is 2.50 bits per heavy atom. The van der Waals surface area contributed by atoms with E-state index in [4.69, 9.17) is 5.11 Å². The van der Waals surface area contributed by atoms with E-state index < -0.39 is 5.97 Å². The maximum atomic E-state index is 12.4. The molecule has 0 radical (unpaired) electrons. The SMILES string of the molecule is CC1CCCN(C(=O)Cc2ccc(C(=O)O)cc2)C1C. The van der Waals surface area contributed by atoms with E-state index >= 15 is 0 Å². The normalized spacial score (nSPS) is 22.6. The Hall–Kier alpha value is -1.84. The fourth-order valence-corrected chi connectivity index (χ4v) is 2.73. The van der Waals surface area contributed by atoms with E-state index in [-0.39, 0.29) is 17.5 Å². The van der Waals surface area contributed by atoms with Crippen molar-refractivity contribution in [3.05, 3.63) is 35.4 Å². The summed E-state index contributed by atoms with van der Waals surface area (Å²) in [6.07, 6.45) is 2.59. The van der Waals surface area contributed by atoms with Gasteiger partial charge in [0, 0.05) is 12.6 Å². The Morgan fingerprint density at radius 1 is 1.25 bits per heavy atom. The zero-order valence-electron chi connectivity index (χ0n) is 12.0. The summed E-state index contributed by atoms with van der Waals surface area (Å²) in [5, 5.41) is 8.85. The van der Waals surface area contributed by atoms with Crippen LogP contribution in [0.1, 0.15) is 42.6 Å². The average molecular weight is 275 g/mol. The average Bonchev–Trinajstić information content (AvgIpc) is 2.42. The molecule has 1 aromatic rings. The first-order chi connectivity index (χ1) is 9.49. The minimum Gasteiger partial charge on any atom is -0.478 e. The molecule has 2 unspecified atom stereocenters. The molecule has 1 fully saturated rings. The summed E-state index contributed by atoms with van der Waals surface area (Å²) in [4.78, 5) is 25.1. The number of carboxylic acid groups (broad SMARTS) is 1. The number of rotatable bonds is 3. The van der Waals surface area contributed by atoms with E-state index in [0.717, 1.165) is 18.5 Å². The molecule has 1 aliphatic heterocycles. The fourth-order valence-electron chi connectivity index (χ4n) is 2.73. The fraction of sp³-hybridized carbons (Fsp3) is 0.500. The Kier molecular flexibility index (Phi) is 4.42. The van der Waals surface area contributed by atoms with Crippen molar-refractivity contribution in [1.82, 2.24) is 4.90 Å². The van der Waals surface area contributed by atoms with Crippen molar-refractivity contribution in [2.24, 2.45) is 5.92 Å². The van der Waals surface area contributed by atoms with Crippen LogP contribution in [0.25, 0.3) is 0 Å². The van der Waals surface area contributed by atoms with Gasteiger partial charge in [0.05, 0.1) is 12.0 Å². The summed E-state index contributed by atoms with van der Waals surface area (Å²) in [5.74, 6) is -0.268. The molecule has 1 saturated heterocycles. The number of carbonyl (C=O) groups is 2. The molecule has 1 amide bonds. The number of hydrogen-bond acceptors (Lipinski definition) is 2. The van der Waals surface area contributed by atoms with E-state index in [1.165, 1.54) is 6.42 Å². The highest BCUT2D eigenvalue weighted by molar-refractivity contribution is 5.87. The van der Waals surface area contributed by atoms with E-state index in [2.05, 4.69) is 13.8 Å². The van der Waals surface area contributed by atoms with Gasteiger partial charge in [-0.25, -0.2) is 4.79 Å². The van der Waals surface area contributed by atoms with Gasteiger partial charge in [0.25, 0.3) is 0 Å². The molecule has 0 aliphatic carbocycles. The van der Waals surface area contributed by atoms with Crippen LogP contribution in [-0.4, -0.2) is 34.5 Å². The summed E-state index contributed by atoms with van der Waals surface area (Å²) in [5.41, 5.74) is 1.12. The minimum absolute atomic E-state index is 0.132. The van der Waals surface area contributed by atoms with Gasteiger partial charge in [-0.2, -0.15) is 0 Å². The monoisotopic (exact) mass is 275 g/mol. The van der Waals surface area contributed by atoms with Gasteiger partial charge in [0.2, 0.25) is 5.91 Å². The third kappa shape index (κ3) is 3.18. The minimum atomic E-state index is -0.943. The molecule has 4 nitrogen and oxygen atoms in total. The zero-order chi connectivity index (χ0) is 14.7. The molecule has 20 heavy (non-hydrogen) atoms. The first-order valence-electron chi connectivity index (χ1n) is 7.10. The standard InChI is InChI=1S/C16H21NO3/c1-11-4-3-9-17(12(11)2)15(18)10-13-5-7-14(8-6-13)16(19)20/h5-8,11-12H,3-4,9-10H2,1-2H3,(H,19,20). The van der Waals surface area contributed by atoms with Crippen molar-refractivity contribution in [2.75, 3.05) is 6.54 Å². The molecule has 108 valence electrons. The second-order valence-corrected chi connectivity index (χ2v) is 5.63. The molecule has 0 aromatic heterocycles. The highest BCUT2D eigenvalue weighted by Gasteiger charge is 2.28. The second kappa shape index (κ2) is 6.07. The number of carboxylic acids is 1. The number of aromatic carboxylic acids is 1. The van der Waals surface area contributed by atoms with Gasteiger partial charge in [-0.05, 0) is 43.4 Å². The maximum absolute atomic E-state index is 12.4. The smallest absolute Gasteiger partial charge is 0.335 e. The number of carbonyl (C=O) groups excluding carboxylic acids is 1. The third-order valence-electron chi connectivity index (χ3n) is 4.25. The van der Waals surface area contributed by atoms with Crippen molar-refractivity contribution < 1.29 is 14.7 Å². The number of amides is 1. The van der Waals surface area contributed by atoms with Gasteiger partial charge < -0.3 is 10.0 Å². The summed E-state index contributed by atoms with van der Waals surface area (Å²) in [6.45, 7) is 5.12. The van der Waals surface area contributed by atoms with E-state index in [9.17, 15) is 9.59 Å². The van der Waals surface area contributed by atoms with Crippen LogP contribution in [0.15, 0.2) is 24.3 Å². The first-order valence-corrected chi connectivity index (χ1v) is 7.10. The zero-order valence-corrected chi connectivity index (χ0v) is 12.0. The molecule has 1 aliphatic rings. The predicted molar refractivity (Wildman–Crippen MR) is 76.7 cm³/mol. The predicted octanol–water partition coefficient (Wildman–Crippen LogP) is 2.57. The van der Waals surface area contributed by atoms with Gasteiger partial charge in [-0.1, -0.05) is 19.1 Å². The molecule has 0 saturated carbocycles. The third-order valence-corrected chi connectivity index (χ3v) is 4.25. The molecule has 0 bridgehead atoms. The number of hydrogen-bond donors (Lipinski definition) is 1. The van der Waals surface area contributed by atoms with Crippen LogP contribution in [-0.2, 0) is 11.2 Å². The van der Waals surface area contributed by atoms with E-state index in [1.807, 2.05) is 4.90 Å². The van der Waals surface area contributed by atoms with Crippen molar-refractivity contribution in [3.63, 3.8) is 0 Å². The number of benzene rings is 1. The van der Waals surface area contributed by atoms with Crippen molar-refractivity contribution >= 4 is 11.9 Å². The highest BCUT2D eigenvalue weighted by atomic mass is 16.4. The largest absolute Gasteiger partial charge is 0.478 e. The number of likely N-dealkylation sites (tertiary alicyclic amines) is 1. The van der Waals surface area contributed by atoms with E-state index in [1.54, 1.807) is 24.3 Å².